The Kier molecular flexibility index (Phi) is 7.53. The summed E-state index contributed by atoms with van der Waals surface area (Å²) in [6.45, 7) is 0.836. The second kappa shape index (κ2) is 11.9. The highest BCUT2D eigenvalue weighted by atomic mass is 32.1. The van der Waals surface area contributed by atoms with Gasteiger partial charge in [-0.25, -0.2) is 4.98 Å². The molecule has 0 saturated heterocycles. The van der Waals surface area contributed by atoms with Gasteiger partial charge in [0.2, 0.25) is 0 Å². The Labute approximate surface area is 246 Å². The molecule has 0 unspecified atom stereocenters. The number of rotatable bonds is 8. The number of nitrogens with zero attached hydrogens (tertiary/aromatic N) is 5. The van der Waals surface area contributed by atoms with Gasteiger partial charge >= 0.3 is 0 Å². The second-order valence-electron chi connectivity index (χ2n) is 9.60. The van der Waals surface area contributed by atoms with E-state index in [-0.39, 0.29) is 18.4 Å². The van der Waals surface area contributed by atoms with E-state index in [4.69, 9.17) is 5.26 Å². The topological polar surface area (TPSA) is 104 Å². The molecule has 1 N–H and O–H groups in total. The molecule has 3 aromatic heterocycles. The summed E-state index contributed by atoms with van der Waals surface area (Å²) in [5.74, 6) is -0.347. The van der Waals surface area contributed by atoms with E-state index in [0.717, 1.165) is 21.3 Å². The lowest BCUT2D eigenvalue weighted by Crippen LogP contribution is -2.31. The number of hydrogen-bond acceptors (Lipinski definition) is 6. The maximum Gasteiger partial charge on any atom is 0.265 e. The van der Waals surface area contributed by atoms with Crippen molar-refractivity contribution in [2.75, 3.05) is 10.2 Å². The van der Waals surface area contributed by atoms with E-state index in [2.05, 4.69) is 21.4 Å². The van der Waals surface area contributed by atoms with Gasteiger partial charge in [-0.1, -0.05) is 30.3 Å². The number of amides is 2. The fourth-order valence-electron chi connectivity index (χ4n) is 4.62. The van der Waals surface area contributed by atoms with Crippen molar-refractivity contribution < 1.29 is 9.59 Å². The van der Waals surface area contributed by atoms with Gasteiger partial charge in [-0.2, -0.15) is 5.26 Å². The lowest BCUT2D eigenvalue weighted by atomic mass is 10.1. The summed E-state index contributed by atoms with van der Waals surface area (Å²) in [5, 5.41) is 12.9. The predicted octanol–water partition coefficient (Wildman–Crippen LogP) is 6.51. The highest BCUT2D eigenvalue weighted by Gasteiger charge is 2.21. The van der Waals surface area contributed by atoms with E-state index in [0.29, 0.717) is 33.9 Å². The third kappa shape index (κ3) is 5.80. The molecule has 0 fully saturated rings. The third-order valence-electron chi connectivity index (χ3n) is 6.79. The van der Waals surface area contributed by atoms with Crippen molar-refractivity contribution >= 4 is 44.6 Å². The highest BCUT2D eigenvalue weighted by Crippen LogP contribution is 2.31. The Balaban J connectivity index is 1.31. The van der Waals surface area contributed by atoms with Gasteiger partial charge in [0.15, 0.2) is 0 Å². The summed E-state index contributed by atoms with van der Waals surface area (Å²) in [7, 11) is 0. The summed E-state index contributed by atoms with van der Waals surface area (Å²) >= 11 is 1.40. The molecule has 42 heavy (non-hydrogen) atoms. The molecule has 0 aliphatic heterocycles. The molecule has 0 bridgehead atoms. The van der Waals surface area contributed by atoms with Gasteiger partial charge in [-0.15, -0.1) is 11.3 Å². The number of thiophene rings is 1. The van der Waals surface area contributed by atoms with Crippen molar-refractivity contribution in [2.45, 2.75) is 13.1 Å². The molecule has 6 aromatic rings. The number of benzene rings is 3. The zero-order chi connectivity index (χ0) is 28.9. The van der Waals surface area contributed by atoms with Crippen molar-refractivity contribution in [3.63, 3.8) is 0 Å². The molecule has 0 aliphatic carbocycles. The molecule has 3 heterocycles. The van der Waals surface area contributed by atoms with Crippen LogP contribution in [-0.4, -0.2) is 26.3 Å². The van der Waals surface area contributed by atoms with Crippen LogP contribution in [0.1, 0.15) is 36.9 Å². The Morgan fingerprint density at radius 2 is 1.71 bits per heavy atom. The Morgan fingerprint density at radius 3 is 2.48 bits per heavy atom. The van der Waals surface area contributed by atoms with Gasteiger partial charge in [0.1, 0.15) is 0 Å². The van der Waals surface area contributed by atoms with Gasteiger partial charge in [0.05, 0.1) is 35.1 Å². The molecule has 0 saturated carbocycles. The van der Waals surface area contributed by atoms with Crippen LogP contribution < -0.4 is 10.2 Å². The summed E-state index contributed by atoms with van der Waals surface area (Å²) in [6, 6.07) is 29.8. The first-order valence-corrected chi connectivity index (χ1v) is 14.0. The van der Waals surface area contributed by atoms with E-state index < -0.39 is 0 Å². The summed E-state index contributed by atoms with van der Waals surface area (Å²) in [4.78, 5) is 37.4. The van der Waals surface area contributed by atoms with E-state index in [1.807, 2.05) is 59.2 Å². The van der Waals surface area contributed by atoms with Crippen LogP contribution in [0.15, 0.2) is 116 Å². The molecule has 204 valence electrons. The molecule has 3 aromatic carbocycles. The van der Waals surface area contributed by atoms with Crippen molar-refractivity contribution in [1.29, 1.82) is 5.26 Å². The van der Waals surface area contributed by atoms with Crippen LogP contribution in [0.3, 0.4) is 0 Å². The van der Waals surface area contributed by atoms with Crippen LogP contribution in [0, 0.1) is 11.3 Å². The largest absolute Gasteiger partial charge is 0.328 e. The first-order valence-electron chi connectivity index (χ1n) is 13.2. The van der Waals surface area contributed by atoms with Crippen molar-refractivity contribution in [2.24, 2.45) is 0 Å². The molecule has 6 rings (SSSR count). The second-order valence-corrected chi connectivity index (χ2v) is 10.7. The first-order chi connectivity index (χ1) is 20.6. The molecule has 0 aliphatic rings. The average Bonchev–Trinajstić information content (AvgIpc) is 3.67. The van der Waals surface area contributed by atoms with Crippen LogP contribution in [-0.2, 0) is 13.1 Å². The zero-order valence-corrected chi connectivity index (χ0v) is 23.2. The number of pyridine rings is 1. The lowest BCUT2D eigenvalue weighted by molar-refractivity contribution is 0.0983. The predicted molar refractivity (Wildman–Crippen MR) is 163 cm³/mol. The van der Waals surface area contributed by atoms with Crippen molar-refractivity contribution in [3.8, 4) is 6.07 Å². The van der Waals surface area contributed by atoms with E-state index in [9.17, 15) is 9.59 Å². The van der Waals surface area contributed by atoms with Gasteiger partial charge in [-0.3, -0.25) is 14.6 Å². The number of hydrogen-bond donors (Lipinski definition) is 1. The maximum absolute atomic E-state index is 13.9. The number of aromatic nitrogens is 3. The third-order valence-corrected chi connectivity index (χ3v) is 7.91. The smallest absolute Gasteiger partial charge is 0.265 e. The molecule has 0 spiro atoms. The van der Waals surface area contributed by atoms with E-state index in [1.165, 1.54) is 11.3 Å². The minimum atomic E-state index is -0.201. The molecule has 0 radical (unpaired) electrons. The number of imidazole rings is 1. The standard InChI is InChI=1S/C33H24N6O2S/c34-18-23-6-8-24(9-7-23)20-38-22-36-19-29(38)21-39(33(41)25-4-2-1-3-5-25)28-10-11-30-26(16-28)17-31(42-30)32(40)37-27-12-14-35-15-13-27/h1-17,19,22H,20-21H2,(H,35,37,40). The summed E-state index contributed by atoms with van der Waals surface area (Å²) < 4.78 is 2.94. The average molecular weight is 569 g/mol. The van der Waals surface area contributed by atoms with Crippen molar-refractivity contribution in [1.82, 2.24) is 14.5 Å². The molecular formula is C33H24N6O2S. The van der Waals surface area contributed by atoms with E-state index >= 15 is 0 Å². The Hall–Kier alpha value is -5.59. The fraction of sp³-hybridized carbons (Fsp3) is 0.0606. The summed E-state index contributed by atoms with van der Waals surface area (Å²) in [6.07, 6.45) is 6.76. The minimum absolute atomic E-state index is 0.146. The quantitative estimate of drug-likeness (QED) is 0.225. The SMILES string of the molecule is N#Cc1ccc(Cn2cncc2CN(C(=O)c2ccccc2)c2ccc3sc(C(=O)Nc4ccncc4)cc3c2)cc1. The van der Waals surface area contributed by atoms with Gasteiger partial charge in [-0.05, 0) is 71.6 Å². The maximum atomic E-state index is 13.9. The van der Waals surface area contributed by atoms with Crippen LogP contribution in [0.2, 0.25) is 0 Å². The Morgan fingerprint density at radius 1 is 0.929 bits per heavy atom. The van der Waals surface area contributed by atoms with Crippen LogP contribution in [0.25, 0.3) is 10.1 Å². The Bertz CT molecular complexity index is 1910. The molecule has 8 nitrogen and oxygen atoms in total. The van der Waals surface area contributed by atoms with Gasteiger partial charge in [0.25, 0.3) is 11.8 Å². The molecule has 9 heteroatoms. The van der Waals surface area contributed by atoms with Gasteiger partial charge < -0.3 is 14.8 Å². The number of anilines is 2. The molecular weight excluding hydrogens is 544 g/mol. The number of nitrogens with one attached hydrogen (secondary N) is 1. The fourth-order valence-corrected chi connectivity index (χ4v) is 5.56. The lowest BCUT2D eigenvalue weighted by Gasteiger charge is -2.24. The van der Waals surface area contributed by atoms with Crippen LogP contribution >= 0.6 is 11.3 Å². The van der Waals surface area contributed by atoms with Gasteiger partial charge in [0, 0.05) is 46.8 Å². The minimum Gasteiger partial charge on any atom is -0.328 e. The van der Waals surface area contributed by atoms with Crippen LogP contribution in [0.4, 0.5) is 11.4 Å². The molecule has 0 atom stereocenters. The summed E-state index contributed by atoms with van der Waals surface area (Å²) in [5.41, 5.74) is 4.43. The van der Waals surface area contributed by atoms with Crippen LogP contribution in [0.5, 0.6) is 0 Å². The van der Waals surface area contributed by atoms with E-state index in [1.54, 1.807) is 66.2 Å². The number of nitriles is 1. The number of fused-ring (bicyclic) bond motifs is 1. The molecule has 2 amide bonds. The normalized spacial score (nSPS) is 10.7. The first kappa shape index (κ1) is 26.6. The monoisotopic (exact) mass is 568 g/mol. The zero-order valence-electron chi connectivity index (χ0n) is 22.3. The number of carbonyl (C=O) groups excluding carboxylic acids is 2. The highest BCUT2D eigenvalue weighted by molar-refractivity contribution is 7.20. The van der Waals surface area contributed by atoms with Crippen molar-refractivity contribution in [3.05, 3.63) is 143 Å². The number of carbonyl (C=O) groups is 2.